The van der Waals surface area contributed by atoms with Gasteiger partial charge in [0.15, 0.2) is 0 Å². The van der Waals surface area contributed by atoms with Gasteiger partial charge < -0.3 is 4.74 Å². The lowest BCUT2D eigenvalue weighted by Crippen LogP contribution is -2.21. The van der Waals surface area contributed by atoms with Gasteiger partial charge in [0.2, 0.25) is 0 Å². The van der Waals surface area contributed by atoms with E-state index in [2.05, 4.69) is 6.92 Å². The van der Waals surface area contributed by atoms with Crippen LogP contribution in [0, 0.1) is 17.5 Å². The molecule has 5 rings (SSSR count). The number of unbranched alkanes of at least 4 members (excludes halogenated alkanes) is 2. The highest BCUT2D eigenvalue weighted by molar-refractivity contribution is 5.74. The Bertz CT molecular complexity index is 1750. The fourth-order valence-electron chi connectivity index (χ4n) is 5.23. The first-order chi connectivity index (χ1) is 21.7. The van der Waals surface area contributed by atoms with Gasteiger partial charge in [0.05, 0.1) is 12.2 Å². The van der Waals surface area contributed by atoms with Crippen LogP contribution >= 0.6 is 0 Å². The fraction of sp³-hybridized carbons (Fsp3) is 0.211. The van der Waals surface area contributed by atoms with Gasteiger partial charge in [0.1, 0.15) is 23.2 Å². The van der Waals surface area contributed by atoms with Crippen molar-refractivity contribution in [2.75, 3.05) is 6.67 Å². The van der Waals surface area contributed by atoms with Gasteiger partial charge in [-0.25, -0.2) is 13.2 Å². The van der Waals surface area contributed by atoms with Crippen LogP contribution in [0.5, 0.6) is 5.75 Å². The topological polar surface area (TPSA) is 9.23 Å². The summed E-state index contributed by atoms with van der Waals surface area (Å²) < 4.78 is 91.8. The summed E-state index contributed by atoms with van der Waals surface area (Å²) in [5.74, 6) is -1.93. The van der Waals surface area contributed by atoms with E-state index in [1.54, 1.807) is 30.3 Å². The second-order valence-corrected chi connectivity index (χ2v) is 10.9. The average Bonchev–Trinajstić information content (AvgIpc) is 3.03. The standard InChI is InChI=1S/C38H32F6O/c1-2-3-4-5-25-6-14-31(15-7-25)38(43,44)45-32-16-10-26(11-17-32)28-12-18-33(36(41)22-28)30-13-19-34(37(42)24-30)29-9-8-27(20-21-39)35(40)23-29/h6-19,22-24H,2-5,20-21H2,1H3. The van der Waals surface area contributed by atoms with Gasteiger partial charge in [-0.15, -0.1) is 0 Å². The number of benzene rings is 5. The number of halogens is 6. The highest BCUT2D eigenvalue weighted by atomic mass is 19.3. The van der Waals surface area contributed by atoms with E-state index >= 15 is 8.78 Å². The zero-order valence-electron chi connectivity index (χ0n) is 24.7. The van der Waals surface area contributed by atoms with E-state index in [1.165, 1.54) is 66.7 Å². The van der Waals surface area contributed by atoms with Gasteiger partial charge in [0, 0.05) is 17.5 Å². The van der Waals surface area contributed by atoms with Gasteiger partial charge in [-0.05, 0) is 88.7 Å². The molecule has 0 heterocycles. The summed E-state index contributed by atoms with van der Waals surface area (Å²) in [6.45, 7) is 1.41. The number of hydrogen-bond acceptors (Lipinski definition) is 1. The molecule has 1 nitrogen and oxygen atoms in total. The third-order valence-corrected chi connectivity index (χ3v) is 7.77. The van der Waals surface area contributed by atoms with Crippen LogP contribution in [0.1, 0.15) is 42.9 Å². The minimum atomic E-state index is -3.53. The molecule has 0 aliphatic rings. The van der Waals surface area contributed by atoms with E-state index < -0.39 is 30.2 Å². The molecule has 0 unspecified atom stereocenters. The number of rotatable bonds is 12. The molecule has 0 atom stereocenters. The average molecular weight is 619 g/mol. The van der Waals surface area contributed by atoms with Gasteiger partial charge in [-0.1, -0.05) is 80.4 Å². The molecule has 0 saturated carbocycles. The first kappa shape index (κ1) is 31.9. The van der Waals surface area contributed by atoms with Crippen LogP contribution in [0.15, 0.2) is 103 Å². The Labute approximate surface area is 259 Å². The molecule has 0 radical (unpaired) electrons. The molecule has 0 aliphatic carbocycles. The molecule has 5 aromatic carbocycles. The molecule has 0 spiro atoms. The maximum absolute atomic E-state index is 15.2. The Morgan fingerprint density at radius 1 is 0.578 bits per heavy atom. The van der Waals surface area contributed by atoms with Gasteiger partial charge in [-0.2, -0.15) is 8.78 Å². The summed E-state index contributed by atoms with van der Waals surface area (Å²) in [5, 5.41) is 0. The normalized spacial score (nSPS) is 11.5. The molecule has 232 valence electrons. The second-order valence-electron chi connectivity index (χ2n) is 10.9. The highest BCUT2D eigenvalue weighted by Gasteiger charge is 2.34. The Kier molecular flexibility index (Phi) is 9.96. The number of alkyl halides is 3. The lowest BCUT2D eigenvalue weighted by molar-refractivity contribution is -0.185. The van der Waals surface area contributed by atoms with Crippen LogP contribution in [0.3, 0.4) is 0 Å². The third kappa shape index (κ3) is 7.59. The first-order valence-electron chi connectivity index (χ1n) is 14.9. The molecule has 5 aromatic rings. The first-order valence-corrected chi connectivity index (χ1v) is 14.9. The molecule has 0 fully saturated rings. The van der Waals surface area contributed by atoms with E-state index in [9.17, 15) is 17.6 Å². The lowest BCUT2D eigenvalue weighted by atomic mass is 9.96. The molecular weight excluding hydrogens is 586 g/mol. The van der Waals surface area contributed by atoms with E-state index in [-0.39, 0.29) is 45.6 Å². The maximum Gasteiger partial charge on any atom is 0.426 e. The molecular formula is C38H32F6O. The molecule has 0 amide bonds. The molecule has 0 N–H and O–H groups in total. The molecule has 0 saturated heterocycles. The Morgan fingerprint density at radius 2 is 1.13 bits per heavy atom. The van der Waals surface area contributed by atoms with Gasteiger partial charge in [0.25, 0.3) is 0 Å². The van der Waals surface area contributed by atoms with Crippen molar-refractivity contribution in [3.8, 4) is 39.1 Å². The number of hydrogen-bond donors (Lipinski definition) is 0. The minimum absolute atomic E-state index is 0.0413. The van der Waals surface area contributed by atoms with Crippen molar-refractivity contribution in [2.24, 2.45) is 0 Å². The van der Waals surface area contributed by atoms with E-state index in [1.807, 2.05) is 0 Å². The summed E-state index contributed by atoms with van der Waals surface area (Å²) in [7, 11) is 0. The van der Waals surface area contributed by atoms with Crippen molar-refractivity contribution in [3.63, 3.8) is 0 Å². The molecule has 7 heteroatoms. The van der Waals surface area contributed by atoms with Crippen molar-refractivity contribution in [1.82, 2.24) is 0 Å². The predicted molar refractivity (Wildman–Crippen MR) is 166 cm³/mol. The fourth-order valence-corrected chi connectivity index (χ4v) is 5.23. The van der Waals surface area contributed by atoms with Gasteiger partial charge in [-0.3, -0.25) is 4.39 Å². The third-order valence-electron chi connectivity index (χ3n) is 7.77. The monoisotopic (exact) mass is 618 g/mol. The summed E-state index contributed by atoms with van der Waals surface area (Å²) in [5.41, 5.74) is 2.90. The maximum atomic E-state index is 15.2. The number of aryl methyl sites for hydroxylation is 2. The molecule has 0 aliphatic heterocycles. The van der Waals surface area contributed by atoms with E-state index in [4.69, 9.17) is 4.74 Å². The van der Waals surface area contributed by atoms with Crippen LogP contribution < -0.4 is 4.74 Å². The van der Waals surface area contributed by atoms with Crippen molar-refractivity contribution in [3.05, 3.63) is 137 Å². The summed E-state index contributed by atoms with van der Waals surface area (Å²) in [4.78, 5) is 0. The van der Waals surface area contributed by atoms with E-state index in [0.29, 0.717) is 11.1 Å². The van der Waals surface area contributed by atoms with Crippen LogP contribution in [0.2, 0.25) is 0 Å². The Morgan fingerprint density at radius 3 is 1.71 bits per heavy atom. The van der Waals surface area contributed by atoms with Crippen LogP contribution in [0.4, 0.5) is 26.3 Å². The largest absolute Gasteiger partial charge is 0.429 e. The zero-order valence-corrected chi connectivity index (χ0v) is 24.7. The molecule has 0 aromatic heterocycles. The van der Waals surface area contributed by atoms with Gasteiger partial charge >= 0.3 is 6.11 Å². The summed E-state index contributed by atoms with van der Waals surface area (Å²) in [6.07, 6.45) is 0.434. The van der Waals surface area contributed by atoms with Crippen molar-refractivity contribution >= 4 is 0 Å². The second kappa shape index (κ2) is 14.1. The van der Waals surface area contributed by atoms with Crippen molar-refractivity contribution in [2.45, 2.75) is 45.1 Å². The van der Waals surface area contributed by atoms with E-state index in [0.717, 1.165) is 37.3 Å². The van der Waals surface area contributed by atoms with Crippen LogP contribution in [-0.4, -0.2) is 6.67 Å². The van der Waals surface area contributed by atoms with Crippen LogP contribution in [0.25, 0.3) is 33.4 Å². The molecule has 45 heavy (non-hydrogen) atoms. The Hall–Kier alpha value is -4.52. The quantitative estimate of drug-likeness (QED) is 0.0999. The predicted octanol–water partition coefficient (Wildman–Crippen LogP) is 11.5. The zero-order chi connectivity index (χ0) is 32.0. The Balaban J connectivity index is 1.28. The minimum Gasteiger partial charge on any atom is -0.429 e. The van der Waals surface area contributed by atoms with Crippen LogP contribution in [-0.2, 0) is 19.0 Å². The summed E-state index contributed by atoms with van der Waals surface area (Å²) in [6, 6.07) is 24.8. The highest BCUT2D eigenvalue weighted by Crippen LogP contribution is 2.35. The molecule has 0 bridgehead atoms. The van der Waals surface area contributed by atoms with Crippen molar-refractivity contribution in [1.29, 1.82) is 0 Å². The summed E-state index contributed by atoms with van der Waals surface area (Å²) >= 11 is 0. The van der Waals surface area contributed by atoms with Crippen molar-refractivity contribution < 1.29 is 31.1 Å². The number of ether oxygens (including phenoxy) is 1. The smallest absolute Gasteiger partial charge is 0.426 e. The SMILES string of the molecule is CCCCCc1ccc(C(F)(F)Oc2ccc(-c3ccc(-c4ccc(-c5ccc(CCF)c(F)c5)c(F)c4)c(F)c3)cc2)cc1. The lowest BCUT2D eigenvalue weighted by Gasteiger charge is -2.19.